The molecule has 96 valence electrons. The van der Waals surface area contributed by atoms with E-state index in [2.05, 4.69) is 41.8 Å². The lowest BCUT2D eigenvalue weighted by Gasteiger charge is -2.19. The van der Waals surface area contributed by atoms with Crippen LogP contribution in [0.1, 0.15) is 31.9 Å². The lowest BCUT2D eigenvalue weighted by atomic mass is 10.1. The van der Waals surface area contributed by atoms with Gasteiger partial charge >= 0.3 is 0 Å². The molecule has 0 aliphatic rings. The van der Waals surface area contributed by atoms with Gasteiger partial charge in [-0.2, -0.15) is 0 Å². The molecule has 1 unspecified atom stereocenters. The predicted molar refractivity (Wildman–Crippen MR) is 76.6 cm³/mol. The first-order valence-corrected chi connectivity index (χ1v) is 7.03. The molecule has 1 atom stereocenters. The predicted octanol–water partition coefficient (Wildman–Crippen LogP) is 3.51. The Kier molecular flexibility index (Phi) is 6.99. The van der Waals surface area contributed by atoms with Gasteiger partial charge in [-0.15, -0.1) is 0 Å². The first-order chi connectivity index (χ1) is 8.19. The van der Waals surface area contributed by atoms with Crippen molar-refractivity contribution in [2.45, 2.75) is 26.3 Å². The second kappa shape index (κ2) is 8.00. The minimum absolute atomic E-state index is 0.138. The van der Waals surface area contributed by atoms with Gasteiger partial charge in [0.25, 0.3) is 0 Å². The molecule has 0 aliphatic heterocycles. The fourth-order valence-corrected chi connectivity index (χ4v) is 2.49. The highest BCUT2D eigenvalue weighted by molar-refractivity contribution is 14.1. The number of rotatable bonds is 7. The van der Waals surface area contributed by atoms with Crippen molar-refractivity contribution in [3.05, 3.63) is 33.1 Å². The summed E-state index contributed by atoms with van der Waals surface area (Å²) >= 11 is 2.17. The van der Waals surface area contributed by atoms with Crippen LogP contribution in [0.4, 0.5) is 4.39 Å². The minimum atomic E-state index is -0.192. The highest BCUT2D eigenvalue weighted by Crippen LogP contribution is 2.21. The topological polar surface area (TPSA) is 21.3 Å². The number of halogens is 2. The Morgan fingerprint density at radius 2 is 2.18 bits per heavy atom. The third kappa shape index (κ3) is 4.89. The van der Waals surface area contributed by atoms with E-state index >= 15 is 0 Å². The molecule has 1 N–H and O–H groups in total. The Morgan fingerprint density at radius 3 is 2.76 bits per heavy atom. The van der Waals surface area contributed by atoms with Crippen LogP contribution < -0.4 is 5.32 Å². The molecule has 4 heteroatoms. The van der Waals surface area contributed by atoms with E-state index in [1.807, 2.05) is 6.07 Å². The first kappa shape index (κ1) is 14.9. The molecule has 0 fully saturated rings. The van der Waals surface area contributed by atoms with Gasteiger partial charge in [-0.1, -0.05) is 19.9 Å². The van der Waals surface area contributed by atoms with E-state index in [4.69, 9.17) is 4.74 Å². The van der Waals surface area contributed by atoms with Gasteiger partial charge < -0.3 is 10.1 Å². The van der Waals surface area contributed by atoms with Crippen molar-refractivity contribution in [2.24, 2.45) is 0 Å². The summed E-state index contributed by atoms with van der Waals surface area (Å²) in [5.74, 6) is -0.192. The van der Waals surface area contributed by atoms with Crippen molar-refractivity contribution in [2.75, 3.05) is 19.8 Å². The molecule has 0 heterocycles. The summed E-state index contributed by atoms with van der Waals surface area (Å²) in [5.41, 5.74) is 1.10. The van der Waals surface area contributed by atoms with Crippen LogP contribution in [-0.2, 0) is 4.74 Å². The van der Waals surface area contributed by atoms with Crippen molar-refractivity contribution in [1.29, 1.82) is 0 Å². The average molecular weight is 351 g/mol. The van der Waals surface area contributed by atoms with Gasteiger partial charge in [0.05, 0.1) is 12.6 Å². The first-order valence-electron chi connectivity index (χ1n) is 5.95. The van der Waals surface area contributed by atoms with E-state index in [1.165, 1.54) is 6.07 Å². The number of likely N-dealkylation sites (N-methyl/N-ethyl adjacent to an activating group) is 1. The largest absolute Gasteiger partial charge is 0.379 e. The average Bonchev–Trinajstić information content (AvgIpc) is 2.28. The van der Waals surface area contributed by atoms with Crippen LogP contribution in [0, 0.1) is 9.39 Å². The van der Waals surface area contributed by atoms with Crippen LogP contribution in [0.3, 0.4) is 0 Å². The fourth-order valence-electron chi connectivity index (χ4n) is 1.63. The van der Waals surface area contributed by atoms with Crippen molar-refractivity contribution in [3.63, 3.8) is 0 Å². The number of hydrogen-bond acceptors (Lipinski definition) is 2. The van der Waals surface area contributed by atoms with Crippen molar-refractivity contribution >= 4 is 22.6 Å². The van der Waals surface area contributed by atoms with E-state index in [1.54, 1.807) is 6.07 Å². The summed E-state index contributed by atoms with van der Waals surface area (Å²) in [5, 5.41) is 3.37. The van der Waals surface area contributed by atoms with Crippen LogP contribution >= 0.6 is 22.6 Å². The Morgan fingerprint density at radius 1 is 1.41 bits per heavy atom. The molecule has 0 saturated carbocycles. The fraction of sp³-hybridized carbons (Fsp3) is 0.538. The van der Waals surface area contributed by atoms with Gasteiger partial charge in [0.15, 0.2) is 0 Å². The van der Waals surface area contributed by atoms with Gasteiger partial charge in [-0.25, -0.2) is 4.39 Å². The molecule has 0 radical (unpaired) electrons. The zero-order chi connectivity index (χ0) is 12.7. The molecular formula is C13H19FINO. The summed E-state index contributed by atoms with van der Waals surface area (Å²) in [6, 6.07) is 5.03. The number of ether oxygens (including phenoxy) is 1. The van der Waals surface area contributed by atoms with Gasteiger partial charge in [-0.3, -0.25) is 0 Å². The monoisotopic (exact) mass is 351 g/mol. The Bertz CT molecular complexity index is 346. The molecule has 17 heavy (non-hydrogen) atoms. The smallest absolute Gasteiger partial charge is 0.124 e. The highest BCUT2D eigenvalue weighted by Gasteiger charge is 2.14. The molecule has 0 aliphatic carbocycles. The maximum absolute atomic E-state index is 13.0. The lowest BCUT2D eigenvalue weighted by Crippen LogP contribution is -2.26. The second-order valence-corrected chi connectivity index (χ2v) is 5.01. The zero-order valence-corrected chi connectivity index (χ0v) is 12.5. The van der Waals surface area contributed by atoms with Crippen LogP contribution in [-0.4, -0.2) is 19.8 Å². The summed E-state index contributed by atoms with van der Waals surface area (Å²) in [4.78, 5) is 0. The van der Waals surface area contributed by atoms with Gasteiger partial charge in [0.1, 0.15) is 5.82 Å². The molecule has 1 aromatic rings. The van der Waals surface area contributed by atoms with E-state index in [9.17, 15) is 4.39 Å². The molecular weight excluding hydrogens is 332 g/mol. The van der Waals surface area contributed by atoms with E-state index in [0.717, 1.165) is 28.7 Å². The van der Waals surface area contributed by atoms with E-state index in [-0.39, 0.29) is 11.9 Å². The maximum atomic E-state index is 13.0. The Hall–Kier alpha value is -0.200. The third-order valence-corrected chi connectivity index (χ3v) is 3.36. The molecule has 0 amide bonds. The van der Waals surface area contributed by atoms with Gasteiger partial charge in [0, 0.05) is 10.2 Å². The number of benzene rings is 1. The number of hydrogen-bond donors (Lipinski definition) is 1. The lowest BCUT2D eigenvalue weighted by molar-refractivity contribution is 0.112. The molecule has 0 bridgehead atoms. The van der Waals surface area contributed by atoms with E-state index < -0.39 is 0 Å². The summed E-state index contributed by atoms with van der Waals surface area (Å²) in [6.45, 7) is 6.41. The molecule has 0 spiro atoms. The van der Waals surface area contributed by atoms with Crippen LogP contribution in [0.5, 0.6) is 0 Å². The Balaban J connectivity index is 2.74. The SMILES string of the molecule is CCCOCC(NCC)c1ccc(F)cc1I. The third-order valence-electron chi connectivity index (χ3n) is 2.42. The summed E-state index contributed by atoms with van der Waals surface area (Å²) in [7, 11) is 0. The van der Waals surface area contributed by atoms with Crippen LogP contribution in [0.25, 0.3) is 0 Å². The Labute approximate surface area is 116 Å². The quantitative estimate of drug-likeness (QED) is 0.600. The summed E-state index contributed by atoms with van der Waals surface area (Å²) in [6.07, 6.45) is 1.01. The van der Waals surface area contributed by atoms with Gasteiger partial charge in [-0.05, 0) is 53.3 Å². The number of nitrogens with one attached hydrogen (secondary N) is 1. The zero-order valence-electron chi connectivity index (χ0n) is 10.3. The standard InChI is InChI=1S/C13H19FINO/c1-3-7-17-9-13(16-4-2)11-6-5-10(14)8-12(11)15/h5-6,8,13,16H,3-4,7,9H2,1-2H3. The van der Waals surface area contributed by atoms with Gasteiger partial charge in [0.2, 0.25) is 0 Å². The summed E-state index contributed by atoms with van der Waals surface area (Å²) < 4.78 is 19.6. The second-order valence-electron chi connectivity index (χ2n) is 3.85. The highest BCUT2D eigenvalue weighted by atomic mass is 127. The normalized spacial score (nSPS) is 12.7. The molecule has 2 nitrogen and oxygen atoms in total. The molecule has 0 aromatic heterocycles. The maximum Gasteiger partial charge on any atom is 0.124 e. The molecule has 1 aromatic carbocycles. The van der Waals surface area contributed by atoms with Crippen molar-refractivity contribution in [1.82, 2.24) is 5.32 Å². The van der Waals surface area contributed by atoms with Crippen molar-refractivity contribution < 1.29 is 9.13 Å². The van der Waals surface area contributed by atoms with Crippen LogP contribution in [0.2, 0.25) is 0 Å². The van der Waals surface area contributed by atoms with Crippen LogP contribution in [0.15, 0.2) is 18.2 Å². The minimum Gasteiger partial charge on any atom is -0.379 e. The van der Waals surface area contributed by atoms with Crippen molar-refractivity contribution in [3.8, 4) is 0 Å². The molecule has 0 saturated heterocycles. The van der Waals surface area contributed by atoms with E-state index in [0.29, 0.717) is 6.61 Å². The molecule has 1 rings (SSSR count).